The van der Waals surface area contributed by atoms with Crippen molar-refractivity contribution in [3.8, 4) is 0 Å². The summed E-state index contributed by atoms with van der Waals surface area (Å²) in [7, 11) is 3.69. The second-order valence-electron chi connectivity index (χ2n) is 8.90. The third kappa shape index (κ3) is 9.20. The summed E-state index contributed by atoms with van der Waals surface area (Å²) in [4.78, 5) is 4.32. The van der Waals surface area contributed by atoms with E-state index in [4.69, 9.17) is 18.6 Å². The number of halogens is 1. The normalized spacial score (nSPS) is 16.4. The van der Waals surface area contributed by atoms with Crippen LogP contribution in [0.15, 0.2) is 47.5 Å². The van der Waals surface area contributed by atoms with Crippen molar-refractivity contribution in [3.05, 3.63) is 69.8 Å². The number of hydrogen-bond donors (Lipinski definition) is 1. The zero-order valence-electron chi connectivity index (χ0n) is 20.4. The van der Waals surface area contributed by atoms with Crippen molar-refractivity contribution in [1.82, 2.24) is 0 Å². The average molecular weight is 475 g/mol. The Balaban J connectivity index is 0.000000696. The molecule has 0 aromatic heterocycles. The van der Waals surface area contributed by atoms with Gasteiger partial charge in [-0.2, -0.15) is 14.0 Å². The van der Waals surface area contributed by atoms with Crippen LogP contribution < -0.4 is 23.8 Å². The molecule has 1 N–H and O–H groups in total. The van der Waals surface area contributed by atoms with Crippen molar-refractivity contribution in [2.24, 2.45) is 0 Å². The van der Waals surface area contributed by atoms with E-state index in [1.54, 1.807) is 11.1 Å². The van der Waals surface area contributed by atoms with E-state index >= 15 is 0 Å². The monoisotopic (exact) mass is 474 g/mol. The molecule has 0 aliphatic heterocycles. The highest BCUT2D eigenvalue weighted by Crippen LogP contribution is 2.32. The standard InChI is InChI=1S/C26H34N2.ClHO4/c1-19-14-25(27(3)4)12-10-23(19)17-21-8-7-9-22(16-21)18-24-11-13-26(28(5)6)15-20(24)2;2-1(3,4)5/h10-15,17-18H,7-9,16H2,1-6H3;(H,2,3,4,5). The van der Waals surface area contributed by atoms with Crippen molar-refractivity contribution >= 4 is 23.5 Å². The Morgan fingerprint density at radius 3 is 1.42 bits per heavy atom. The van der Waals surface area contributed by atoms with E-state index in [1.807, 2.05) is 0 Å². The summed E-state index contributed by atoms with van der Waals surface area (Å²) >= 11 is 0. The van der Waals surface area contributed by atoms with Gasteiger partial charge in [0.1, 0.15) is 0 Å². The first-order chi connectivity index (χ1) is 15.3. The summed E-state index contributed by atoms with van der Waals surface area (Å²) in [5, 5.41) is 0. The Hall–Kier alpha value is -2.35. The van der Waals surface area contributed by atoms with Gasteiger partial charge in [-0.3, -0.25) is 0 Å². The molecule has 1 fully saturated rings. The van der Waals surface area contributed by atoms with E-state index in [2.05, 4.69) is 100 Å². The van der Waals surface area contributed by atoms with Crippen LogP contribution in [0.2, 0.25) is 0 Å². The Kier molecular flexibility index (Phi) is 9.52. The average Bonchev–Trinajstić information content (AvgIpc) is 2.70. The third-order valence-corrected chi connectivity index (χ3v) is 5.71. The molecule has 6 nitrogen and oxygen atoms in total. The van der Waals surface area contributed by atoms with Crippen LogP contribution in [0.1, 0.15) is 47.9 Å². The predicted octanol–water partition coefficient (Wildman–Crippen LogP) is 2.35. The van der Waals surface area contributed by atoms with Crippen molar-refractivity contribution < 1.29 is 28.9 Å². The molecule has 180 valence electrons. The summed E-state index contributed by atoms with van der Waals surface area (Å²) in [5.74, 6) is 0. The topological polar surface area (TPSA) is 95.9 Å². The molecule has 2 aromatic rings. The van der Waals surface area contributed by atoms with E-state index in [-0.39, 0.29) is 0 Å². The van der Waals surface area contributed by atoms with Crippen molar-refractivity contribution in [3.63, 3.8) is 0 Å². The van der Waals surface area contributed by atoms with Gasteiger partial charge >= 0.3 is 0 Å². The van der Waals surface area contributed by atoms with E-state index in [1.165, 1.54) is 52.9 Å². The van der Waals surface area contributed by atoms with Crippen molar-refractivity contribution in [1.29, 1.82) is 0 Å². The molecular formula is C26H35ClN2O4. The molecule has 0 saturated heterocycles. The van der Waals surface area contributed by atoms with Gasteiger partial charge in [-0.05, 0) is 86.1 Å². The van der Waals surface area contributed by atoms with Gasteiger partial charge in [0.15, 0.2) is 0 Å². The number of benzene rings is 2. The number of rotatable bonds is 4. The molecule has 0 heterocycles. The summed E-state index contributed by atoms with van der Waals surface area (Å²) in [6.07, 6.45) is 9.62. The van der Waals surface area contributed by atoms with Gasteiger partial charge in [-0.15, -0.1) is 0 Å². The highest BCUT2D eigenvalue weighted by atomic mass is 35.7. The number of nitrogens with zero attached hydrogens (tertiary/aromatic N) is 2. The molecule has 0 bridgehead atoms. The first-order valence-corrected chi connectivity index (χ1v) is 12.2. The van der Waals surface area contributed by atoms with Crippen LogP contribution in [0.25, 0.3) is 12.2 Å². The van der Waals surface area contributed by atoms with Crippen molar-refractivity contribution in [2.75, 3.05) is 38.0 Å². The van der Waals surface area contributed by atoms with E-state index in [0.29, 0.717) is 0 Å². The molecule has 0 unspecified atom stereocenters. The molecule has 1 aliphatic rings. The van der Waals surface area contributed by atoms with Crippen LogP contribution in [0.3, 0.4) is 0 Å². The van der Waals surface area contributed by atoms with Crippen LogP contribution >= 0.6 is 0 Å². The van der Waals surface area contributed by atoms with Gasteiger partial charge in [-0.1, -0.05) is 35.4 Å². The molecule has 1 saturated carbocycles. The maximum absolute atomic E-state index is 8.60. The van der Waals surface area contributed by atoms with Gasteiger partial charge < -0.3 is 9.80 Å². The molecule has 7 heteroatoms. The number of hydrogen-bond acceptors (Lipinski definition) is 6. The van der Waals surface area contributed by atoms with E-state index in [9.17, 15) is 0 Å². The van der Waals surface area contributed by atoms with Crippen LogP contribution in [0.5, 0.6) is 0 Å². The first-order valence-electron chi connectivity index (χ1n) is 10.9. The van der Waals surface area contributed by atoms with E-state index < -0.39 is 10.2 Å². The van der Waals surface area contributed by atoms with E-state index in [0.717, 1.165) is 6.42 Å². The lowest BCUT2D eigenvalue weighted by Gasteiger charge is -2.20. The fourth-order valence-corrected chi connectivity index (χ4v) is 3.90. The largest absolute Gasteiger partial charge is 0.378 e. The minimum Gasteiger partial charge on any atom is -0.378 e. The lowest BCUT2D eigenvalue weighted by Crippen LogP contribution is -2.58. The quantitative estimate of drug-likeness (QED) is 0.730. The van der Waals surface area contributed by atoms with Crippen LogP contribution in [-0.2, 0) is 0 Å². The molecule has 0 spiro atoms. The second kappa shape index (κ2) is 11.7. The summed E-state index contributed by atoms with van der Waals surface area (Å²) in [5.41, 5.74) is 11.1. The maximum Gasteiger partial charge on any atom is 0.0777 e. The molecule has 1 aliphatic carbocycles. The van der Waals surface area contributed by atoms with Gasteiger partial charge in [0.25, 0.3) is 0 Å². The highest BCUT2D eigenvalue weighted by molar-refractivity contribution is 5.65. The fraction of sp³-hybridized carbons (Fsp3) is 0.385. The van der Waals surface area contributed by atoms with Crippen LogP contribution in [0, 0.1) is 24.1 Å². The SMILES string of the molecule is Cc1cc(N(C)C)ccc1C=C1CCCC(=Cc2ccc(N(C)C)cc2C)C1.[O-][Cl+3]([O-])([O-])O. The molecule has 0 radical (unpaired) electrons. The molecule has 33 heavy (non-hydrogen) atoms. The fourth-order valence-electron chi connectivity index (χ4n) is 3.90. The highest BCUT2D eigenvalue weighted by Gasteiger charge is 2.12. The van der Waals surface area contributed by atoms with Gasteiger partial charge in [0.2, 0.25) is 0 Å². The molecular weight excluding hydrogens is 440 g/mol. The minimum absolute atomic E-state index is 1.10. The zero-order valence-corrected chi connectivity index (χ0v) is 21.1. The Bertz CT molecular complexity index is 928. The van der Waals surface area contributed by atoms with Gasteiger partial charge in [0.05, 0.1) is 14.9 Å². The predicted molar refractivity (Wildman–Crippen MR) is 128 cm³/mol. The second-order valence-corrected chi connectivity index (χ2v) is 9.69. The molecule has 2 aromatic carbocycles. The Labute approximate surface area is 199 Å². The lowest BCUT2D eigenvalue weighted by atomic mass is 9.87. The number of aryl methyl sites for hydroxylation is 2. The minimum atomic E-state index is -4.69. The lowest BCUT2D eigenvalue weighted by molar-refractivity contribution is -1.92. The van der Waals surface area contributed by atoms with Gasteiger partial charge in [-0.25, -0.2) is 0 Å². The third-order valence-electron chi connectivity index (χ3n) is 5.71. The smallest absolute Gasteiger partial charge is 0.0777 e. The summed E-state index contributed by atoms with van der Waals surface area (Å²) in [6, 6.07) is 13.5. The first kappa shape index (κ1) is 26.9. The maximum atomic E-state index is 8.60. The molecule has 3 rings (SSSR count). The van der Waals surface area contributed by atoms with Gasteiger partial charge in [0, 0.05) is 39.6 Å². The Morgan fingerprint density at radius 1 is 0.758 bits per heavy atom. The number of allylic oxidation sites excluding steroid dienone is 2. The molecule has 0 amide bonds. The molecule has 0 atom stereocenters. The summed E-state index contributed by atoms with van der Waals surface area (Å²) in [6.45, 7) is 4.43. The van der Waals surface area contributed by atoms with Crippen LogP contribution in [-0.4, -0.2) is 32.8 Å². The summed E-state index contributed by atoms with van der Waals surface area (Å²) < 4.78 is 32.7. The van der Waals surface area contributed by atoms with Crippen molar-refractivity contribution in [2.45, 2.75) is 39.5 Å². The van der Waals surface area contributed by atoms with Crippen LogP contribution in [0.4, 0.5) is 11.4 Å². The zero-order chi connectivity index (χ0) is 24.8. The number of anilines is 2. The Morgan fingerprint density at radius 2 is 1.12 bits per heavy atom.